The first-order valence-corrected chi connectivity index (χ1v) is 11.8. The van der Waals surface area contributed by atoms with Gasteiger partial charge in [0, 0.05) is 11.1 Å². The van der Waals surface area contributed by atoms with E-state index in [0.717, 1.165) is 22.9 Å². The van der Waals surface area contributed by atoms with Crippen molar-refractivity contribution in [1.82, 2.24) is 0 Å². The summed E-state index contributed by atoms with van der Waals surface area (Å²) in [4.78, 5) is 0. The molecule has 1 N–H and O–H groups in total. The molecule has 0 amide bonds. The second kappa shape index (κ2) is 9.84. The summed E-state index contributed by atoms with van der Waals surface area (Å²) >= 11 is 0. The first kappa shape index (κ1) is 25.3. The maximum Gasteiger partial charge on any atom is 0.153 e. The Morgan fingerprint density at radius 2 is 1.00 bits per heavy atom. The Morgan fingerprint density at radius 3 is 1.39 bits per heavy atom. The van der Waals surface area contributed by atoms with Crippen LogP contribution in [0.5, 0.6) is 23.0 Å². The fourth-order valence-electron chi connectivity index (χ4n) is 4.92. The molecule has 5 aromatic carbocycles. The van der Waals surface area contributed by atoms with Gasteiger partial charge in [-0.3, -0.25) is 0 Å². The molecule has 7 heteroatoms. The number of fused-ring (bicyclic) bond motifs is 2. The summed E-state index contributed by atoms with van der Waals surface area (Å²) in [6.45, 7) is 0. The van der Waals surface area contributed by atoms with Crippen LogP contribution in [-0.4, -0.2) is 33.5 Å². The van der Waals surface area contributed by atoms with Crippen molar-refractivity contribution in [3.63, 3.8) is 0 Å². The van der Waals surface area contributed by atoms with E-state index in [9.17, 15) is 5.11 Å². The Bertz CT molecular complexity index is 1550. The predicted molar refractivity (Wildman–Crippen MR) is 143 cm³/mol. The summed E-state index contributed by atoms with van der Waals surface area (Å²) in [5.41, 5.74) is -2.59. The Labute approximate surface area is 218 Å². The van der Waals surface area contributed by atoms with Crippen LogP contribution < -0.4 is 18.9 Å². The number of methoxy groups -OCH3 is 4. The quantitative estimate of drug-likeness (QED) is 0.247. The van der Waals surface area contributed by atoms with E-state index in [4.69, 9.17) is 18.9 Å². The molecule has 0 heterocycles. The van der Waals surface area contributed by atoms with E-state index < -0.39 is 22.8 Å². The summed E-state index contributed by atoms with van der Waals surface area (Å²) in [5, 5.41) is 15.6. The molecule has 0 fully saturated rings. The summed E-state index contributed by atoms with van der Waals surface area (Å²) in [6, 6.07) is 21.0. The fourth-order valence-corrected chi connectivity index (χ4v) is 4.92. The number of hydrogen-bond donors (Lipinski definition) is 1. The normalized spacial score (nSPS) is 11.6. The maximum atomic E-state index is 15.5. The second-order valence-corrected chi connectivity index (χ2v) is 8.84. The van der Waals surface area contributed by atoms with Crippen LogP contribution in [0.4, 0.5) is 8.78 Å². The molecule has 0 radical (unpaired) electrons. The average molecular weight is 517 g/mol. The van der Waals surface area contributed by atoms with E-state index in [1.165, 1.54) is 20.3 Å². The Kier molecular flexibility index (Phi) is 6.55. The second-order valence-electron chi connectivity index (χ2n) is 8.84. The van der Waals surface area contributed by atoms with Crippen LogP contribution in [0.1, 0.15) is 16.7 Å². The first-order valence-electron chi connectivity index (χ1n) is 11.8. The van der Waals surface area contributed by atoms with Gasteiger partial charge in [0.25, 0.3) is 0 Å². The predicted octanol–water partition coefficient (Wildman–Crippen LogP) is 6.59. The van der Waals surface area contributed by atoms with Crippen LogP contribution in [0.15, 0.2) is 78.9 Å². The number of benzene rings is 5. The minimum absolute atomic E-state index is 0.146. The van der Waals surface area contributed by atoms with Crippen molar-refractivity contribution < 1.29 is 32.8 Å². The van der Waals surface area contributed by atoms with Gasteiger partial charge in [0.2, 0.25) is 0 Å². The Hall–Kier alpha value is -4.36. The SMILES string of the molecule is COc1ccc2cc(C(O)(c3cc4ccc(OC)cc4cc3OC)c3c(F)cccc3F)c(OC)cc2c1. The van der Waals surface area contributed by atoms with Gasteiger partial charge in [-0.2, -0.15) is 0 Å². The first-order chi connectivity index (χ1) is 18.3. The van der Waals surface area contributed by atoms with Gasteiger partial charge in [-0.1, -0.05) is 18.2 Å². The molecule has 0 saturated carbocycles. The molecule has 0 aliphatic heterocycles. The van der Waals surface area contributed by atoms with Crippen molar-refractivity contribution in [1.29, 1.82) is 0 Å². The zero-order valence-corrected chi connectivity index (χ0v) is 21.3. The number of rotatable bonds is 7. The number of aliphatic hydroxyl groups is 1. The summed E-state index contributed by atoms with van der Waals surface area (Å²) < 4.78 is 53.0. The lowest BCUT2D eigenvalue weighted by atomic mass is 9.77. The molecule has 5 nitrogen and oxygen atoms in total. The molecule has 0 spiro atoms. The Morgan fingerprint density at radius 1 is 0.553 bits per heavy atom. The Balaban J connectivity index is 1.91. The van der Waals surface area contributed by atoms with Crippen LogP contribution in [0.3, 0.4) is 0 Å². The van der Waals surface area contributed by atoms with Crippen LogP contribution in [0.2, 0.25) is 0 Å². The largest absolute Gasteiger partial charge is 0.497 e. The molecule has 5 rings (SSSR count). The minimum atomic E-state index is -2.34. The van der Waals surface area contributed by atoms with Crippen molar-refractivity contribution in [2.75, 3.05) is 28.4 Å². The van der Waals surface area contributed by atoms with Crippen molar-refractivity contribution in [3.05, 3.63) is 107 Å². The van der Waals surface area contributed by atoms with Crippen LogP contribution in [0.25, 0.3) is 21.5 Å². The highest BCUT2D eigenvalue weighted by Gasteiger charge is 2.43. The zero-order valence-electron chi connectivity index (χ0n) is 21.3. The summed E-state index contributed by atoms with van der Waals surface area (Å²) in [7, 11) is 6.00. The lowest BCUT2D eigenvalue weighted by Crippen LogP contribution is -2.32. The van der Waals surface area contributed by atoms with E-state index in [1.54, 1.807) is 62.8 Å². The molecular formula is C31H26F2O5. The summed E-state index contributed by atoms with van der Waals surface area (Å²) in [6.07, 6.45) is 0. The lowest BCUT2D eigenvalue weighted by Gasteiger charge is -2.33. The smallest absolute Gasteiger partial charge is 0.153 e. The van der Waals surface area contributed by atoms with Crippen molar-refractivity contribution in [2.24, 2.45) is 0 Å². The van der Waals surface area contributed by atoms with Crippen LogP contribution >= 0.6 is 0 Å². The third kappa shape index (κ3) is 4.05. The van der Waals surface area contributed by atoms with Gasteiger partial charge in [0.05, 0.1) is 34.0 Å². The minimum Gasteiger partial charge on any atom is -0.497 e. The molecular weight excluding hydrogens is 490 g/mol. The van der Waals surface area contributed by atoms with Crippen LogP contribution in [0, 0.1) is 11.6 Å². The third-order valence-corrected chi connectivity index (χ3v) is 6.84. The highest BCUT2D eigenvalue weighted by molar-refractivity contribution is 5.89. The molecule has 0 unspecified atom stereocenters. The monoisotopic (exact) mass is 516 g/mol. The zero-order chi connectivity index (χ0) is 27.0. The third-order valence-electron chi connectivity index (χ3n) is 6.84. The summed E-state index contributed by atoms with van der Waals surface area (Å²) in [5.74, 6) is -0.105. The van der Waals surface area contributed by atoms with Crippen molar-refractivity contribution in [2.45, 2.75) is 5.60 Å². The highest BCUT2D eigenvalue weighted by atomic mass is 19.1. The fraction of sp³-hybridized carbons (Fsp3) is 0.161. The van der Waals surface area contributed by atoms with Gasteiger partial charge in [0.15, 0.2) is 5.60 Å². The topological polar surface area (TPSA) is 57.2 Å². The van der Waals surface area contributed by atoms with Gasteiger partial charge in [0.1, 0.15) is 34.6 Å². The van der Waals surface area contributed by atoms with E-state index >= 15 is 8.78 Å². The van der Waals surface area contributed by atoms with Gasteiger partial charge in [-0.05, 0) is 82.2 Å². The molecule has 0 saturated heterocycles. The van der Waals surface area contributed by atoms with E-state index in [1.807, 2.05) is 12.1 Å². The maximum absolute atomic E-state index is 15.5. The molecule has 0 aromatic heterocycles. The van der Waals surface area contributed by atoms with Crippen LogP contribution in [-0.2, 0) is 5.60 Å². The number of ether oxygens (including phenoxy) is 4. The number of halogens is 2. The van der Waals surface area contributed by atoms with Gasteiger partial charge in [-0.25, -0.2) is 8.78 Å². The molecule has 0 bridgehead atoms. The molecule has 194 valence electrons. The highest BCUT2D eigenvalue weighted by Crippen LogP contribution is 2.48. The van der Waals surface area contributed by atoms with E-state index in [2.05, 4.69) is 0 Å². The van der Waals surface area contributed by atoms with Gasteiger partial charge in [-0.15, -0.1) is 0 Å². The van der Waals surface area contributed by atoms with Crippen molar-refractivity contribution in [3.8, 4) is 23.0 Å². The van der Waals surface area contributed by atoms with Gasteiger partial charge >= 0.3 is 0 Å². The molecule has 0 aliphatic rings. The number of hydrogen-bond acceptors (Lipinski definition) is 5. The average Bonchev–Trinajstić information content (AvgIpc) is 2.94. The standard InChI is InChI=1S/C31H26F2O5/c1-35-22-10-8-18-14-24(28(37-3)16-20(18)12-22)31(34,30-26(32)6-5-7-27(30)33)25-15-19-9-11-23(36-2)13-21(19)17-29(25)38-4/h5-17,34H,1-4H3. The van der Waals surface area contributed by atoms with E-state index in [-0.39, 0.29) is 22.6 Å². The molecule has 5 aromatic rings. The molecule has 0 aliphatic carbocycles. The van der Waals surface area contributed by atoms with Crippen molar-refractivity contribution >= 4 is 21.5 Å². The molecule has 38 heavy (non-hydrogen) atoms. The van der Waals surface area contributed by atoms with E-state index in [0.29, 0.717) is 22.3 Å². The molecule has 0 atom stereocenters. The lowest BCUT2D eigenvalue weighted by molar-refractivity contribution is 0.110. The van der Waals surface area contributed by atoms with Gasteiger partial charge < -0.3 is 24.1 Å².